The number of hydrogen-bond acceptors (Lipinski definition) is 0. The first-order valence-electron chi connectivity index (χ1n) is 0. The molecular weight excluding hydrogens is 142 g/mol. The minimum Gasteiger partial charge on any atom is -1.00 e. The molecule has 0 aliphatic carbocycles. The molecule has 0 fully saturated rings. The summed E-state index contributed by atoms with van der Waals surface area (Å²) in [6.45, 7) is 0. The summed E-state index contributed by atoms with van der Waals surface area (Å²) in [5.74, 6) is 0. The molecule has 0 aromatic carbocycles. The van der Waals surface area contributed by atoms with Crippen molar-refractivity contribution in [3.05, 3.63) is 0 Å². The summed E-state index contributed by atoms with van der Waals surface area (Å²) in [7, 11) is 0. The Balaban J connectivity index is 0. The molecule has 0 saturated heterocycles. The maximum Gasteiger partial charge on any atom is 1.00 e. The van der Waals surface area contributed by atoms with E-state index in [1.807, 2.05) is 0 Å². The molecule has 0 aliphatic rings. The Labute approximate surface area is 79.5 Å². The molecule has 0 N–H and O–H groups in total. The van der Waals surface area contributed by atoms with Crippen LogP contribution in [0.25, 0.3) is 0 Å². The Hall–Kier alpha value is 2.52. The third-order valence-corrected chi connectivity index (χ3v) is 0. The van der Waals surface area contributed by atoms with E-state index in [1.54, 1.807) is 0 Å². The van der Waals surface area contributed by atoms with Gasteiger partial charge < -0.3 is 1.43 Å². The van der Waals surface area contributed by atoms with Crippen molar-refractivity contribution in [3.8, 4) is 0 Å². The van der Waals surface area contributed by atoms with E-state index in [2.05, 4.69) is 0 Å². The topological polar surface area (TPSA) is 0 Å². The molecule has 0 aromatic rings. The fourth-order valence-electron chi connectivity index (χ4n) is 0. The van der Waals surface area contributed by atoms with Crippen molar-refractivity contribution in [1.82, 2.24) is 0 Å². The van der Waals surface area contributed by atoms with Gasteiger partial charge in [0.25, 0.3) is 0 Å². The molecule has 0 amide bonds. The molecule has 0 aliphatic heterocycles. The Kier molecular flexibility index (Phi) is 139. The van der Waals surface area contributed by atoms with E-state index < -0.39 is 0 Å². The summed E-state index contributed by atoms with van der Waals surface area (Å²) in [5.41, 5.74) is 0. The van der Waals surface area contributed by atoms with Crippen molar-refractivity contribution in [2.24, 2.45) is 0 Å². The van der Waals surface area contributed by atoms with Crippen molar-refractivity contribution in [2.75, 3.05) is 0 Å². The average Bonchev–Trinajstić information content (AvgIpc) is 0. The fraction of sp³-hybridized carbons (Fsp3) is 0. The third kappa shape index (κ3) is 8.82. The molecule has 0 bridgehead atoms. The largest absolute Gasteiger partial charge is 1.00 e. The standard InChI is InChI=1S/Al.Cu.Li.Sc.H/q;;+1;;-1. The molecule has 4 heteroatoms. The Morgan fingerprint density at radius 3 is 1.25 bits per heavy atom. The van der Waals surface area contributed by atoms with Gasteiger partial charge in [0.15, 0.2) is 0 Å². The first kappa shape index (κ1) is 31.3. The molecular formula is HAlCuLiSc. The summed E-state index contributed by atoms with van der Waals surface area (Å²) < 4.78 is 0. The zero-order valence-corrected chi connectivity index (χ0v) is 6.36. The van der Waals surface area contributed by atoms with Gasteiger partial charge >= 0.3 is 18.9 Å². The van der Waals surface area contributed by atoms with Gasteiger partial charge in [0, 0.05) is 60.3 Å². The first-order chi connectivity index (χ1) is 0. The fourth-order valence-corrected chi connectivity index (χ4v) is 0. The van der Waals surface area contributed by atoms with Crippen molar-refractivity contribution in [3.63, 3.8) is 0 Å². The Bertz CT molecular complexity index is 11.6. The van der Waals surface area contributed by atoms with Crippen LogP contribution < -0.4 is 18.9 Å². The second-order valence-electron chi connectivity index (χ2n) is 0. The van der Waals surface area contributed by atoms with E-state index in [9.17, 15) is 0 Å². The van der Waals surface area contributed by atoms with Crippen LogP contribution in [-0.2, 0) is 42.9 Å². The van der Waals surface area contributed by atoms with Crippen LogP contribution in [0.3, 0.4) is 0 Å². The zero-order valence-electron chi connectivity index (χ0n) is 3.46. The molecule has 0 atom stereocenters. The minimum atomic E-state index is 0. The third-order valence-electron chi connectivity index (χ3n) is 0. The molecule has 5 radical (unpaired) electrons. The SMILES string of the molecule is [Al].[Cu].[H-].[Li+].[Sc]. The van der Waals surface area contributed by atoms with E-state index in [0.717, 1.165) is 0 Å². The number of rotatable bonds is 0. The van der Waals surface area contributed by atoms with Crippen LogP contribution in [-0.4, -0.2) is 17.4 Å². The zero-order chi connectivity index (χ0) is 0. The molecule has 19 valence electrons. The van der Waals surface area contributed by atoms with Gasteiger partial charge in [0.05, 0.1) is 0 Å². The molecule has 4 heavy (non-hydrogen) atoms. The molecule has 0 saturated carbocycles. The predicted octanol–water partition coefficient (Wildman–Crippen LogP) is -3.27. The van der Waals surface area contributed by atoms with Gasteiger partial charge in [-0.15, -0.1) is 0 Å². The monoisotopic (exact) mass is 143 g/mol. The van der Waals surface area contributed by atoms with Crippen molar-refractivity contribution in [2.45, 2.75) is 0 Å². The Morgan fingerprint density at radius 2 is 1.25 bits per heavy atom. The van der Waals surface area contributed by atoms with Crippen LogP contribution in [0.15, 0.2) is 0 Å². The Morgan fingerprint density at radius 1 is 1.25 bits per heavy atom. The number of hydrogen-bond donors (Lipinski definition) is 0. The van der Waals surface area contributed by atoms with Crippen LogP contribution in [0.2, 0.25) is 0 Å². The van der Waals surface area contributed by atoms with Gasteiger partial charge in [0.2, 0.25) is 0 Å². The normalized spacial score (nSPS) is 0. The van der Waals surface area contributed by atoms with E-state index in [4.69, 9.17) is 0 Å². The van der Waals surface area contributed by atoms with E-state index >= 15 is 0 Å². The summed E-state index contributed by atoms with van der Waals surface area (Å²) in [5, 5.41) is 0. The molecule has 0 nitrogen and oxygen atoms in total. The quantitative estimate of drug-likeness (QED) is 0.312. The van der Waals surface area contributed by atoms with E-state index in [0.29, 0.717) is 0 Å². The molecule has 0 rings (SSSR count). The van der Waals surface area contributed by atoms with Crippen LogP contribution >= 0.6 is 0 Å². The van der Waals surface area contributed by atoms with Crippen LogP contribution in [0.1, 0.15) is 1.43 Å². The minimum absolute atomic E-state index is 0. The van der Waals surface area contributed by atoms with Crippen LogP contribution in [0.5, 0.6) is 0 Å². The van der Waals surface area contributed by atoms with Crippen LogP contribution in [0.4, 0.5) is 0 Å². The molecule has 0 heterocycles. The maximum atomic E-state index is 0. The van der Waals surface area contributed by atoms with Crippen molar-refractivity contribution >= 4 is 17.4 Å². The molecule has 0 unspecified atom stereocenters. The van der Waals surface area contributed by atoms with Crippen molar-refractivity contribution < 1.29 is 63.2 Å². The summed E-state index contributed by atoms with van der Waals surface area (Å²) in [6, 6.07) is 0. The van der Waals surface area contributed by atoms with Gasteiger partial charge in [-0.1, -0.05) is 0 Å². The molecule has 0 aromatic heterocycles. The van der Waals surface area contributed by atoms with Gasteiger partial charge in [-0.05, 0) is 0 Å². The molecule has 0 spiro atoms. The first-order valence-corrected chi connectivity index (χ1v) is 0. The predicted molar refractivity (Wildman–Crippen MR) is 6.87 cm³/mol. The second-order valence-corrected chi connectivity index (χ2v) is 0. The summed E-state index contributed by atoms with van der Waals surface area (Å²) >= 11 is 0. The van der Waals surface area contributed by atoms with Gasteiger partial charge in [0.1, 0.15) is 0 Å². The second kappa shape index (κ2) is 17.8. The smallest absolute Gasteiger partial charge is 1.00 e. The van der Waals surface area contributed by atoms with E-state index in [1.165, 1.54) is 0 Å². The van der Waals surface area contributed by atoms with Crippen LogP contribution in [0, 0.1) is 0 Å². The summed E-state index contributed by atoms with van der Waals surface area (Å²) in [4.78, 5) is 0. The summed E-state index contributed by atoms with van der Waals surface area (Å²) in [6.07, 6.45) is 0. The van der Waals surface area contributed by atoms with Crippen molar-refractivity contribution in [1.29, 1.82) is 0 Å². The van der Waals surface area contributed by atoms with Gasteiger partial charge in [-0.3, -0.25) is 0 Å². The van der Waals surface area contributed by atoms with E-state index in [-0.39, 0.29) is 80.6 Å². The maximum absolute atomic E-state index is 0. The average molecular weight is 143 g/mol. The van der Waals surface area contributed by atoms with Gasteiger partial charge in [-0.2, -0.15) is 0 Å². The van der Waals surface area contributed by atoms with Gasteiger partial charge in [-0.25, -0.2) is 0 Å².